The molecule has 3 nitrogen and oxygen atoms in total. The second-order valence-electron chi connectivity index (χ2n) is 4.88. The maximum absolute atomic E-state index is 12.3. The number of carbonyl (C=O) groups is 1. The fourth-order valence-corrected chi connectivity index (χ4v) is 3.25. The van der Waals surface area contributed by atoms with Crippen LogP contribution in [0, 0.1) is 13.8 Å². The van der Waals surface area contributed by atoms with E-state index in [-0.39, 0.29) is 5.91 Å². The van der Waals surface area contributed by atoms with E-state index in [0.717, 1.165) is 10.9 Å². The Hall–Kier alpha value is -2.07. The zero-order valence-corrected chi connectivity index (χ0v) is 12.3. The van der Waals surface area contributed by atoms with Gasteiger partial charge >= 0.3 is 0 Å². The third kappa shape index (κ3) is 2.34. The largest absolute Gasteiger partial charge is 0.360 e. The molecule has 2 aromatic heterocycles. The quantitative estimate of drug-likeness (QED) is 0.755. The fraction of sp³-hybridized carbons (Fsp3) is 0.188. The van der Waals surface area contributed by atoms with E-state index in [1.807, 2.05) is 24.3 Å². The summed E-state index contributed by atoms with van der Waals surface area (Å²) in [4.78, 5) is 17.9. The number of thiophene rings is 1. The molecular weight excluding hydrogens is 268 g/mol. The maximum atomic E-state index is 12.3. The summed E-state index contributed by atoms with van der Waals surface area (Å²) >= 11 is 1.73. The summed E-state index contributed by atoms with van der Waals surface area (Å²) in [6.45, 7) is 4.78. The van der Waals surface area contributed by atoms with Gasteiger partial charge in [0.05, 0.1) is 12.1 Å². The first kappa shape index (κ1) is 12.9. The maximum Gasteiger partial charge on any atom is 0.253 e. The number of aryl methyl sites for hydroxylation is 2. The zero-order valence-electron chi connectivity index (χ0n) is 11.5. The second-order valence-corrected chi connectivity index (χ2v) is 6.22. The molecule has 0 radical (unpaired) electrons. The van der Waals surface area contributed by atoms with Crippen molar-refractivity contribution in [1.29, 1.82) is 0 Å². The van der Waals surface area contributed by atoms with Gasteiger partial charge in [0.1, 0.15) is 0 Å². The van der Waals surface area contributed by atoms with Crippen LogP contribution < -0.4 is 5.32 Å². The molecule has 2 heterocycles. The Kier molecular flexibility index (Phi) is 3.32. The van der Waals surface area contributed by atoms with Gasteiger partial charge in [-0.3, -0.25) is 4.79 Å². The molecule has 0 aliphatic heterocycles. The number of amides is 1. The van der Waals surface area contributed by atoms with Gasteiger partial charge in [-0.2, -0.15) is 0 Å². The van der Waals surface area contributed by atoms with E-state index in [2.05, 4.69) is 30.2 Å². The highest BCUT2D eigenvalue weighted by Gasteiger charge is 2.11. The number of aromatic amines is 1. The van der Waals surface area contributed by atoms with Gasteiger partial charge in [0, 0.05) is 26.9 Å². The molecule has 0 aliphatic rings. The average Bonchev–Trinajstić information content (AvgIpc) is 3.00. The number of aromatic nitrogens is 1. The average molecular weight is 284 g/mol. The van der Waals surface area contributed by atoms with E-state index in [9.17, 15) is 4.79 Å². The molecular formula is C16H16N2OS. The second kappa shape index (κ2) is 5.13. The molecule has 3 rings (SSSR count). The van der Waals surface area contributed by atoms with Gasteiger partial charge in [-0.25, -0.2) is 0 Å². The lowest BCUT2D eigenvalue weighted by atomic mass is 10.1. The molecule has 102 valence electrons. The molecule has 3 aromatic rings. The standard InChI is InChI=1S/C16H16N2OS/c1-10-7-12(20-11(10)2)8-18-16(19)14-9-17-15-6-4-3-5-13(14)15/h3-7,9,17H,8H2,1-2H3,(H,18,19). The lowest BCUT2D eigenvalue weighted by Crippen LogP contribution is -2.21. The van der Waals surface area contributed by atoms with Crippen molar-refractivity contribution >= 4 is 28.1 Å². The Bertz CT molecular complexity index is 750. The molecule has 1 amide bonds. The molecule has 0 saturated heterocycles. The van der Waals surface area contributed by atoms with Crippen molar-refractivity contribution in [3.63, 3.8) is 0 Å². The Morgan fingerprint density at radius 3 is 2.85 bits per heavy atom. The Labute approximate surface area is 121 Å². The van der Waals surface area contributed by atoms with Crippen molar-refractivity contribution < 1.29 is 4.79 Å². The van der Waals surface area contributed by atoms with Gasteiger partial charge in [0.15, 0.2) is 0 Å². The van der Waals surface area contributed by atoms with Crippen molar-refractivity contribution in [2.45, 2.75) is 20.4 Å². The number of para-hydroxylation sites is 1. The van der Waals surface area contributed by atoms with Gasteiger partial charge in [-0.15, -0.1) is 11.3 Å². The summed E-state index contributed by atoms with van der Waals surface area (Å²) in [6, 6.07) is 9.96. The van der Waals surface area contributed by atoms with Crippen LogP contribution in [0.2, 0.25) is 0 Å². The van der Waals surface area contributed by atoms with E-state index in [4.69, 9.17) is 0 Å². The molecule has 1 aromatic carbocycles. The summed E-state index contributed by atoms with van der Waals surface area (Å²) in [5.74, 6) is -0.0360. The predicted octanol–water partition coefficient (Wildman–Crippen LogP) is 3.78. The molecule has 0 aliphatic carbocycles. The normalized spacial score (nSPS) is 10.9. The van der Waals surface area contributed by atoms with Gasteiger partial charge in [-0.05, 0) is 31.5 Å². The third-order valence-electron chi connectivity index (χ3n) is 3.47. The predicted molar refractivity (Wildman–Crippen MR) is 83.3 cm³/mol. The van der Waals surface area contributed by atoms with E-state index in [1.165, 1.54) is 15.3 Å². The summed E-state index contributed by atoms with van der Waals surface area (Å²) in [7, 11) is 0. The van der Waals surface area contributed by atoms with E-state index < -0.39 is 0 Å². The molecule has 0 spiro atoms. The minimum absolute atomic E-state index is 0.0360. The molecule has 0 unspecified atom stereocenters. The summed E-state index contributed by atoms with van der Waals surface area (Å²) in [6.07, 6.45) is 1.77. The van der Waals surface area contributed by atoms with Crippen molar-refractivity contribution in [1.82, 2.24) is 10.3 Å². The molecule has 2 N–H and O–H groups in total. The number of fused-ring (bicyclic) bond motifs is 1. The number of hydrogen-bond acceptors (Lipinski definition) is 2. The first-order chi connectivity index (χ1) is 9.65. The Morgan fingerprint density at radius 2 is 2.10 bits per heavy atom. The Morgan fingerprint density at radius 1 is 1.30 bits per heavy atom. The molecule has 4 heteroatoms. The lowest BCUT2D eigenvalue weighted by molar-refractivity contribution is 0.0953. The van der Waals surface area contributed by atoms with Crippen LogP contribution in [-0.4, -0.2) is 10.9 Å². The topological polar surface area (TPSA) is 44.9 Å². The zero-order chi connectivity index (χ0) is 14.1. The lowest BCUT2D eigenvalue weighted by Gasteiger charge is -2.02. The summed E-state index contributed by atoms with van der Waals surface area (Å²) in [5.41, 5.74) is 2.97. The van der Waals surface area contributed by atoms with Crippen molar-refractivity contribution in [2.24, 2.45) is 0 Å². The molecule has 0 atom stereocenters. The first-order valence-electron chi connectivity index (χ1n) is 6.55. The van der Waals surface area contributed by atoms with Crippen LogP contribution in [0.25, 0.3) is 10.9 Å². The van der Waals surface area contributed by atoms with Crippen molar-refractivity contribution in [3.05, 3.63) is 57.4 Å². The van der Waals surface area contributed by atoms with Crippen LogP contribution in [-0.2, 0) is 6.54 Å². The number of benzene rings is 1. The highest BCUT2D eigenvalue weighted by molar-refractivity contribution is 7.12. The number of hydrogen-bond donors (Lipinski definition) is 2. The summed E-state index contributed by atoms with van der Waals surface area (Å²) in [5, 5.41) is 3.95. The van der Waals surface area contributed by atoms with Crippen LogP contribution in [0.5, 0.6) is 0 Å². The minimum atomic E-state index is -0.0360. The van der Waals surface area contributed by atoms with E-state index in [1.54, 1.807) is 17.5 Å². The fourth-order valence-electron chi connectivity index (χ4n) is 2.26. The van der Waals surface area contributed by atoms with Gasteiger partial charge in [0.2, 0.25) is 0 Å². The van der Waals surface area contributed by atoms with Crippen LogP contribution in [0.15, 0.2) is 36.5 Å². The molecule has 20 heavy (non-hydrogen) atoms. The first-order valence-corrected chi connectivity index (χ1v) is 7.37. The van der Waals surface area contributed by atoms with Crippen molar-refractivity contribution in [3.8, 4) is 0 Å². The number of nitrogens with one attached hydrogen (secondary N) is 2. The smallest absolute Gasteiger partial charge is 0.253 e. The van der Waals surface area contributed by atoms with Gasteiger partial charge in [0.25, 0.3) is 5.91 Å². The van der Waals surface area contributed by atoms with E-state index >= 15 is 0 Å². The van der Waals surface area contributed by atoms with Crippen LogP contribution in [0.3, 0.4) is 0 Å². The molecule has 0 bridgehead atoms. The number of rotatable bonds is 3. The van der Waals surface area contributed by atoms with Gasteiger partial charge in [-0.1, -0.05) is 18.2 Å². The van der Waals surface area contributed by atoms with Crippen LogP contribution in [0.1, 0.15) is 25.7 Å². The van der Waals surface area contributed by atoms with Crippen LogP contribution >= 0.6 is 11.3 Å². The SMILES string of the molecule is Cc1cc(CNC(=O)c2c[nH]c3ccccc23)sc1C. The third-order valence-corrected chi connectivity index (χ3v) is 4.63. The van der Waals surface area contributed by atoms with Crippen molar-refractivity contribution in [2.75, 3.05) is 0 Å². The summed E-state index contributed by atoms with van der Waals surface area (Å²) < 4.78 is 0. The number of carbonyl (C=O) groups excluding carboxylic acids is 1. The van der Waals surface area contributed by atoms with E-state index in [0.29, 0.717) is 12.1 Å². The van der Waals surface area contributed by atoms with Gasteiger partial charge < -0.3 is 10.3 Å². The highest BCUT2D eigenvalue weighted by atomic mass is 32.1. The molecule has 0 fully saturated rings. The minimum Gasteiger partial charge on any atom is -0.360 e. The Balaban J connectivity index is 1.76. The highest BCUT2D eigenvalue weighted by Crippen LogP contribution is 2.21. The monoisotopic (exact) mass is 284 g/mol. The number of H-pyrrole nitrogens is 1. The van der Waals surface area contributed by atoms with Crippen LogP contribution in [0.4, 0.5) is 0 Å². The molecule has 0 saturated carbocycles.